The summed E-state index contributed by atoms with van der Waals surface area (Å²) < 4.78 is 1.59. The second-order valence-corrected chi connectivity index (χ2v) is 4.39. The predicted molar refractivity (Wildman–Crippen MR) is 84.1 cm³/mol. The molecule has 2 aromatic rings. The van der Waals surface area contributed by atoms with Crippen LogP contribution in [0.2, 0.25) is 0 Å². The van der Waals surface area contributed by atoms with Crippen molar-refractivity contribution in [3.05, 3.63) is 42.2 Å². The van der Waals surface area contributed by atoms with Crippen LogP contribution in [0.4, 0.5) is 0 Å². The van der Waals surface area contributed by atoms with E-state index >= 15 is 0 Å². The third-order valence-corrected chi connectivity index (χ3v) is 2.76. The van der Waals surface area contributed by atoms with Crippen LogP contribution in [0.1, 0.15) is 23.8 Å². The van der Waals surface area contributed by atoms with Crippen molar-refractivity contribution in [2.45, 2.75) is 13.3 Å². The SMILES string of the molecule is CCCNCCNC(=O)c1cn(-c2ccccc2)nn1.Cl. The first kappa shape index (κ1) is 17.1. The van der Waals surface area contributed by atoms with Crippen LogP contribution < -0.4 is 10.6 Å². The van der Waals surface area contributed by atoms with E-state index in [1.54, 1.807) is 10.9 Å². The molecule has 0 saturated heterocycles. The highest BCUT2D eigenvalue weighted by Gasteiger charge is 2.10. The summed E-state index contributed by atoms with van der Waals surface area (Å²) in [5, 5.41) is 13.9. The maximum atomic E-state index is 11.9. The normalized spacial score (nSPS) is 9.95. The minimum Gasteiger partial charge on any atom is -0.349 e. The number of rotatable bonds is 7. The molecule has 0 saturated carbocycles. The van der Waals surface area contributed by atoms with Gasteiger partial charge in [0.05, 0.1) is 11.9 Å². The number of hydrogen-bond acceptors (Lipinski definition) is 4. The molecule has 21 heavy (non-hydrogen) atoms. The molecule has 114 valence electrons. The number of benzene rings is 1. The van der Waals surface area contributed by atoms with Crippen molar-refractivity contribution in [3.8, 4) is 5.69 Å². The first-order chi connectivity index (χ1) is 9.81. The summed E-state index contributed by atoms with van der Waals surface area (Å²) in [5.74, 6) is -0.203. The third-order valence-electron chi connectivity index (χ3n) is 2.76. The topological polar surface area (TPSA) is 71.8 Å². The van der Waals surface area contributed by atoms with Crippen molar-refractivity contribution in [1.29, 1.82) is 0 Å². The Morgan fingerprint density at radius 2 is 1.95 bits per heavy atom. The molecule has 2 rings (SSSR count). The highest BCUT2D eigenvalue weighted by Crippen LogP contribution is 2.05. The summed E-state index contributed by atoms with van der Waals surface area (Å²) >= 11 is 0. The molecule has 1 amide bonds. The fourth-order valence-electron chi connectivity index (χ4n) is 1.73. The highest BCUT2D eigenvalue weighted by atomic mass is 35.5. The average molecular weight is 310 g/mol. The smallest absolute Gasteiger partial charge is 0.273 e. The Bertz CT molecular complexity index is 543. The summed E-state index contributed by atoms with van der Waals surface area (Å²) in [4.78, 5) is 11.9. The number of nitrogens with zero attached hydrogens (tertiary/aromatic N) is 3. The second kappa shape index (κ2) is 9.10. The molecule has 6 nitrogen and oxygen atoms in total. The number of carbonyl (C=O) groups excluding carboxylic acids is 1. The molecule has 0 unspecified atom stereocenters. The number of carbonyl (C=O) groups is 1. The van der Waals surface area contributed by atoms with Crippen molar-refractivity contribution >= 4 is 18.3 Å². The maximum absolute atomic E-state index is 11.9. The molecule has 0 atom stereocenters. The van der Waals surface area contributed by atoms with Gasteiger partial charge in [-0.05, 0) is 25.1 Å². The number of nitrogens with one attached hydrogen (secondary N) is 2. The quantitative estimate of drug-likeness (QED) is 0.759. The lowest BCUT2D eigenvalue weighted by Gasteiger charge is -2.03. The van der Waals surface area contributed by atoms with E-state index < -0.39 is 0 Å². The predicted octanol–water partition coefficient (Wildman–Crippen LogP) is 1.42. The third kappa shape index (κ3) is 5.17. The van der Waals surface area contributed by atoms with Gasteiger partial charge in [-0.1, -0.05) is 30.3 Å². The van der Waals surface area contributed by atoms with Crippen molar-refractivity contribution in [2.24, 2.45) is 0 Å². The van der Waals surface area contributed by atoms with Crippen LogP contribution in [0, 0.1) is 0 Å². The van der Waals surface area contributed by atoms with Crippen molar-refractivity contribution in [2.75, 3.05) is 19.6 Å². The summed E-state index contributed by atoms with van der Waals surface area (Å²) in [6, 6.07) is 9.57. The average Bonchev–Trinajstić information content (AvgIpc) is 2.98. The zero-order valence-corrected chi connectivity index (χ0v) is 12.8. The molecule has 1 aromatic carbocycles. The fourth-order valence-corrected chi connectivity index (χ4v) is 1.73. The van der Waals surface area contributed by atoms with Gasteiger partial charge in [-0.15, -0.1) is 17.5 Å². The Balaban J connectivity index is 0.00000220. The number of hydrogen-bond donors (Lipinski definition) is 2. The van der Waals surface area contributed by atoms with Gasteiger partial charge in [0.25, 0.3) is 5.91 Å². The van der Waals surface area contributed by atoms with Crippen molar-refractivity contribution in [1.82, 2.24) is 25.6 Å². The van der Waals surface area contributed by atoms with Gasteiger partial charge in [0.1, 0.15) is 0 Å². The van der Waals surface area contributed by atoms with E-state index in [0.29, 0.717) is 12.2 Å². The molecule has 1 aromatic heterocycles. The minimum atomic E-state index is -0.203. The summed E-state index contributed by atoms with van der Waals surface area (Å²) in [7, 11) is 0. The van der Waals surface area contributed by atoms with Crippen LogP contribution in [0.5, 0.6) is 0 Å². The first-order valence-electron chi connectivity index (χ1n) is 6.78. The molecule has 0 spiro atoms. The van der Waals surface area contributed by atoms with E-state index in [9.17, 15) is 4.79 Å². The summed E-state index contributed by atoms with van der Waals surface area (Å²) in [6.07, 6.45) is 2.71. The van der Waals surface area contributed by atoms with Gasteiger partial charge in [0.2, 0.25) is 0 Å². The van der Waals surface area contributed by atoms with Gasteiger partial charge < -0.3 is 10.6 Å². The van der Waals surface area contributed by atoms with Crippen LogP contribution >= 0.6 is 12.4 Å². The lowest BCUT2D eigenvalue weighted by Crippen LogP contribution is -2.32. The van der Waals surface area contributed by atoms with Crippen molar-refractivity contribution < 1.29 is 4.79 Å². The Morgan fingerprint density at radius 3 is 2.67 bits per heavy atom. The van der Waals surface area contributed by atoms with E-state index in [1.165, 1.54) is 0 Å². The van der Waals surface area contributed by atoms with Crippen LogP contribution in [0.25, 0.3) is 5.69 Å². The Morgan fingerprint density at radius 1 is 1.19 bits per heavy atom. The number of para-hydroxylation sites is 1. The zero-order chi connectivity index (χ0) is 14.2. The van der Waals surface area contributed by atoms with Gasteiger partial charge in [-0.3, -0.25) is 4.79 Å². The van der Waals surface area contributed by atoms with Crippen LogP contribution in [-0.4, -0.2) is 40.5 Å². The van der Waals surface area contributed by atoms with E-state index in [0.717, 1.165) is 25.2 Å². The molecule has 1 heterocycles. The van der Waals surface area contributed by atoms with Gasteiger partial charge >= 0.3 is 0 Å². The fraction of sp³-hybridized carbons (Fsp3) is 0.357. The number of amides is 1. The van der Waals surface area contributed by atoms with E-state index in [-0.39, 0.29) is 18.3 Å². The lowest BCUT2D eigenvalue weighted by molar-refractivity contribution is 0.0949. The zero-order valence-electron chi connectivity index (χ0n) is 12.0. The van der Waals surface area contributed by atoms with Gasteiger partial charge in [0.15, 0.2) is 5.69 Å². The van der Waals surface area contributed by atoms with Gasteiger partial charge in [0, 0.05) is 13.1 Å². The van der Waals surface area contributed by atoms with Crippen LogP contribution in [0.15, 0.2) is 36.5 Å². The molecular formula is C14H20ClN5O. The van der Waals surface area contributed by atoms with Gasteiger partial charge in [-0.2, -0.15) is 0 Å². The number of halogens is 1. The monoisotopic (exact) mass is 309 g/mol. The van der Waals surface area contributed by atoms with Gasteiger partial charge in [-0.25, -0.2) is 4.68 Å². The lowest BCUT2D eigenvalue weighted by atomic mass is 10.3. The van der Waals surface area contributed by atoms with Crippen LogP contribution in [-0.2, 0) is 0 Å². The maximum Gasteiger partial charge on any atom is 0.273 e. The molecule has 0 bridgehead atoms. The number of aromatic nitrogens is 3. The van der Waals surface area contributed by atoms with Crippen molar-refractivity contribution in [3.63, 3.8) is 0 Å². The molecule has 0 radical (unpaired) electrons. The summed E-state index contributed by atoms with van der Waals surface area (Å²) in [6.45, 7) is 4.40. The highest BCUT2D eigenvalue weighted by molar-refractivity contribution is 5.91. The molecule has 0 aliphatic rings. The second-order valence-electron chi connectivity index (χ2n) is 4.39. The Labute approximate surface area is 130 Å². The van der Waals surface area contributed by atoms with E-state index in [4.69, 9.17) is 0 Å². The van der Waals surface area contributed by atoms with E-state index in [1.807, 2.05) is 30.3 Å². The molecule has 0 aliphatic carbocycles. The molecule has 0 aliphatic heterocycles. The standard InChI is InChI=1S/C14H19N5O.ClH/c1-2-8-15-9-10-16-14(20)13-11-19(18-17-13)12-6-4-3-5-7-12;/h3-7,11,15H,2,8-10H2,1H3,(H,16,20);1H. The molecule has 7 heteroatoms. The molecular weight excluding hydrogens is 290 g/mol. The Kier molecular flexibility index (Phi) is 7.42. The summed E-state index contributed by atoms with van der Waals surface area (Å²) in [5.41, 5.74) is 1.20. The minimum absolute atomic E-state index is 0. The Hall–Kier alpha value is -1.92. The first-order valence-corrected chi connectivity index (χ1v) is 6.78. The van der Waals surface area contributed by atoms with Crippen LogP contribution in [0.3, 0.4) is 0 Å². The largest absolute Gasteiger partial charge is 0.349 e. The van der Waals surface area contributed by atoms with E-state index in [2.05, 4.69) is 27.9 Å². The molecule has 0 fully saturated rings. The molecule has 2 N–H and O–H groups in total.